The fourth-order valence-electron chi connectivity index (χ4n) is 13.6. The van der Waals surface area contributed by atoms with E-state index in [-0.39, 0.29) is 81.7 Å². The van der Waals surface area contributed by atoms with Crippen LogP contribution in [0.15, 0.2) is 205 Å². The number of amides is 4. The van der Waals surface area contributed by atoms with Crippen LogP contribution in [0.25, 0.3) is 10.4 Å². The molecule has 4 saturated heterocycles. The number of rotatable bonds is 29. The number of aliphatic hydroxyl groups excluding tert-OH is 1. The number of azide groups is 1. The number of hydrogen-bond acceptors (Lipinski definition) is 20. The number of esters is 1. The van der Waals surface area contributed by atoms with Crippen molar-refractivity contribution in [3.63, 3.8) is 0 Å². The normalized spacial score (nSPS) is 27.9. The molecule has 4 amide bonds. The lowest BCUT2D eigenvalue weighted by Crippen LogP contribution is -2.72. The van der Waals surface area contributed by atoms with Crippen LogP contribution in [0.1, 0.15) is 102 Å². The minimum absolute atomic E-state index is 0.0376. The fourth-order valence-corrected chi connectivity index (χ4v) is 13.6. The van der Waals surface area contributed by atoms with Crippen LogP contribution in [0, 0.1) is 0 Å². The molecule has 7 aromatic carbocycles. The third kappa shape index (κ3) is 15.8. The summed E-state index contributed by atoms with van der Waals surface area (Å²) in [5.74, 6) is -3.62. The summed E-state index contributed by atoms with van der Waals surface area (Å²) in [5, 5.41) is 16.2. The first-order valence-corrected chi connectivity index (χ1v) is 33.6. The van der Waals surface area contributed by atoms with E-state index in [1.165, 1.54) is 19.1 Å². The van der Waals surface area contributed by atoms with Crippen molar-refractivity contribution in [1.82, 2.24) is 9.80 Å². The van der Waals surface area contributed by atoms with E-state index in [2.05, 4.69) is 10.0 Å². The van der Waals surface area contributed by atoms with Gasteiger partial charge in [-0.3, -0.25) is 33.8 Å². The first kappa shape index (κ1) is 69.6. The smallest absolute Gasteiger partial charge is 0.303 e. The molecule has 13 rings (SSSR count). The van der Waals surface area contributed by atoms with Crippen LogP contribution < -0.4 is 0 Å². The highest BCUT2D eigenvalue weighted by molar-refractivity contribution is 6.22. The van der Waals surface area contributed by atoms with E-state index in [1.807, 2.05) is 152 Å². The van der Waals surface area contributed by atoms with Gasteiger partial charge in [0.15, 0.2) is 31.3 Å². The number of ether oxygens (including phenoxy) is 13. The number of carbonyl (C=O) groups excluding carboxylic acids is 5. The van der Waals surface area contributed by atoms with Gasteiger partial charge in [0.25, 0.3) is 23.6 Å². The van der Waals surface area contributed by atoms with Crippen molar-refractivity contribution in [1.29, 1.82) is 0 Å². The average molecular weight is 1360 g/mol. The van der Waals surface area contributed by atoms with E-state index in [0.717, 1.165) is 20.9 Å². The van der Waals surface area contributed by atoms with E-state index in [1.54, 1.807) is 36.4 Å². The number of hydrogen-bond donors (Lipinski definition) is 1. The molecule has 4 fully saturated rings. The molecule has 520 valence electrons. The lowest BCUT2D eigenvalue weighted by Gasteiger charge is -2.53. The van der Waals surface area contributed by atoms with Crippen molar-refractivity contribution in [2.75, 3.05) is 33.0 Å². The Balaban J connectivity index is 0.951. The molecule has 1 N–H and O–H groups in total. The lowest BCUT2D eigenvalue weighted by atomic mass is 9.92. The maximum Gasteiger partial charge on any atom is 0.303 e. The predicted molar refractivity (Wildman–Crippen MR) is 355 cm³/mol. The van der Waals surface area contributed by atoms with Gasteiger partial charge >= 0.3 is 5.97 Å². The number of nitrogens with zero attached hydrogens (tertiary/aromatic N) is 5. The molecule has 6 aliphatic heterocycles. The number of fused-ring (bicyclic) bond motifs is 3. The van der Waals surface area contributed by atoms with Crippen LogP contribution >= 0.6 is 0 Å². The Morgan fingerprint density at radius 2 is 0.930 bits per heavy atom. The van der Waals surface area contributed by atoms with Crippen molar-refractivity contribution < 1.29 is 90.7 Å². The SMILES string of the molecule is CC(=O)O[C@@H]1[C@H](O[C@H]2[C@H](OCc3ccccc3)[C@@H](N3C(=O)c4ccccc4C3=O)[C@H](O[C@H]3[C@H](OCc4ccccc4)[C@@H](N4C(=O)c5ccccc5C4=O)[C@H](OCCCCCN=[N+]=[N-])O[C@@H]3COCc3ccccc3)O[C@@H]2COCc2ccccc2)O[C@@H]2COC(c3ccccc3)O[C@H]2[C@@H]1O. The van der Waals surface area contributed by atoms with E-state index in [0.29, 0.717) is 36.0 Å². The molecule has 6 heterocycles. The topological polar surface area (TPSA) is 281 Å². The van der Waals surface area contributed by atoms with Crippen LogP contribution in [-0.4, -0.2) is 169 Å². The molecule has 24 heteroatoms. The molecular weight excluding hydrogens is 1290 g/mol. The van der Waals surface area contributed by atoms with Crippen molar-refractivity contribution in [2.24, 2.45) is 5.11 Å². The molecule has 0 spiro atoms. The highest BCUT2D eigenvalue weighted by atomic mass is 16.8. The standard InChI is InChI=1S/C76H77N5O19/c1-47(82)94-68-62(83)63-59(46-93-73(98-63)52-32-16-6-17-33-52)97-76(68)100-65-58(45-89-41-49-26-10-3-11-27-49)96-75(61(67(65)92-43-51-30-14-5-15-31-51)81-71(86)55-36-20-21-37-56(55)72(81)87)99-64-57(44-88-40-48-24-8-2-9-25-48)95-74(90-39-23-7-22-38-78-79-77)60(66(64)91-42-50-28-12-4-13-29-50)80-69(84)53-34-18-19-35-54(53)70(80)85/h2-6,8-21,24-37,57-68,73-76,83H,7,22-23,38-46H2,1H3/t57-,58-,59-,60-,61-,62+,63-,64-,65-,66-,67-,68+,73?,74-,75+,76+/m1/s1. The van der Waals surface area contributed by atoms with Crippen LogP contribution in [0.4, 0.5) is 0 Å². The summed E-state index contributed by atoms with van der Waals surface area (Å²) in [6.07, 6.45) is -18.1. The Hall–Kier alpha value is -8.92. The zero-order valence-corrected chi connectivity index (χ0v) is 54.8. The van der Waals surface area contributed by atoms with Crippen LogP contribution in [0.5, 0.6) is 0 Å². The molecule has 7 aromatic rings. The van der Waals surface area contributed by atoms with Gasteiger partial charge in [0.1, 0.15) is 67.0 Å². The lowest BCUT2D eigenvalue weighted by molar-refractivity contribution is -0.390. The van der Waals surface area contributed by atoms with Crippen LogP contribution in [0.2, 0.25) is 0 Å². The molecule has 100 heavy (non-hydrogen) atoms. The quantitative estimate of drug-likeness (QED) is 0.0114. The van der Waals surface area contributed by atoms with Crippen LogP contribution in [0.3, 0.4) is 0 Å². The minimum atomic E-state index is -1.81. The number of carbonyl (C=O) groups is 5. The monoisotopic (exact) mass is 1360 g/mol. The van der Waals surface area contributed by atoms with Gasteiger partial charge in [-0.25, -0.2) is 0 Å². The Morgan fingerprint density at radius 1 is 0.500 bits per heavy atom. The van der Waals surface area contributed by atoms with E-state index < -0.39 is 128 Å². The second-order valence-corrected chi connectivity index (χ2v) is 25.0. The second-order valence-electron chi connectivity index (χ2n) is 25.0. The largest absolute Gasteiger partial charge is 0.454 e. The summed E-state index contributed by atoms with van der Waals surface area (Å²) in [5.41, 5.74) is 13.0. The zero-order valence-electron chi connectivity index (χ0n) is 54.8. The van der Waals surface area contributed by atoms with Gasteiger partial charge in [0, 0.05) is 30.6 Å². The average Bonchev–Trinajstić information content (AvgIpc) is 1.54. The van der Waals surface area contributed by atoms with E-state index in [4.69, 9.17) is 67.1 Å². The molecule has 1 unspecified atom stereocenters. The molecule has 0 aromatic heterocycles. The van der Waals surface area contributed by atoms with Crippen LogP contribution in [-0.2, 0) is 92.8 Å². The Kier molecular flexibility index (Phi) is 23.0. The van der Waals surface area contributed by atoms with Crippen molar-refractivity contribution in [3.8, 4) is 0 Å². The highest BCUT2D eigenvalue weighted by Crippen LogP contribution is 2.43. The Labute approximate surface area is 577 Å². The zero-order chi connectivity index (χ0) is 68.9. The summed E-state index contributed by atoms with van der Waals surface area (Å²) in [6, 6.07) is 56.0. The van der Waals surface area contributed by atoms with Gasteiger partial charge in [-0.1, -0.05) is 187 Å². The number of unbranched alkanes of at least 4 members (excludes halogenated alkanes) is 2. The summed E-state index contributed by atoms with van der Waals surface area (Å²) < 4.78 is 89.2. The van der Waals surface area contributed by atoms with Gasteiger partial charge < -0.3 is 66.7 Å². The molecule has 0 aliphatic carbocycles. The molecule has 6 aliphatic rings. The number of benzene rings is 7. The minimum Gasteiger partial charge on any atom is -0.454 e. The number of aliphatic hydroxyl groups is 1. The third-order valence-corrected chi connectivity index (χ3v) is 18.3. The van der Waals surface area contributed by atoms with E-state index in [9.17, 15) is 9.90 Å². The van der Waals surface area contributed by atoms with Gasteiger partial charge in [0.05, 0.1) is 68.5 Å². The highest BCUT2D eigenvalue weighted by Gasteiger charge is 2.62. The molecule has 0 radical (unpaired) electrons. The third-order valence-electron chi connectivity index (χ3n) is 18.3. The van der Waals surface area contributed by atoms with Gasteiger partial charge in [0.2, 0.25) is 0 Å². The molecule has 0 bridgehead atoms. The summed E-state index contributed by atoms with van der Waals surface area (Å²) >= 11 is 0. The van der Waals surface area contributed by atoms with Gasteiger partial charge in [-0.05, 0) is 64.9 Å². The summed E-state index contributed by atoms with van der Waals surface area (Å²) in [4.78, 5) is 80.0. The van der Waals surface area contributed by atoms with Gasteiger partial charge in [-0.15, -0.1) is 0 Å². The summed E-state index contributed by atoms with van der Waals surface area (Å²) in [7, 11) is 0. The van der Waals surface area contributed by atoms with Crippen molar-refractivity contribution in [2.45, 2.75) is 151 Å². The molecule has 24 nitrogen and oxygen atoms in total. The number of imide groups is 2. The second kappa shape index (κ2) is 33.0. The van der Waals surface area contributed by atoms with Crippen molar-refractivity contribution in [3.05, 3.63) is 261 Å². The Morgan fingerprint density at radius 3 is 1.40 bits per heavy atom. The maximum atomic E-state index is 15.6. The molecule has 0 saturated carbocycles. The molecule has 16 atom stereocenters. The van der Waals surface area contributed by atoms with Gasteiger partial charge in [-0.2, -0.15) is 0 Å². The fraction of sp³-hybridized carbons (Fsp3) is 0.382. The predicted octanol–water partition coefficient (Wildman–Crippen LogP) is 9.77. The molecular formula is C76H77N5O19. The first-order valence-electron chi connectivity index (χ1n) is 33.6. The Bertz CT molecular complexity index is 3880. The van der Waals surface area contributed by atoms with E-state index >= 15 is 19.2 Å². The van der Waals surface area contributed by atoms with Crippen molar-refractivity contribution >= 4 is 29.6 Å². The maximum absolute atomic E-state index is 15.6. The summed E-state index contributed by atoms with van der Waals surface area (Å²) in [6.45, 7) is 0.611. The first-order chi connectivity index (χ1) is 49.0.